The van der Waals surface area contributed by atoms with Crippen LogP contribution in [0, 0.1) is 23.2 Å². The van der Waals surface area contributed by atoms with Gasteiger partial charge in [-0.3, -0.25) is 0 Å². The minimum Gasteiger partial charge on any atom is -0.304 e. The summed E-state index contributed by atoms with van der Waals surface area (Å²) >= 11 is 0. The number of alkyl halides is 3. The lowest BCUT2D eigenvalue weighted by Gasteiger charge is -2.24. The van der Waals surface area contributed by atoms with Crippen LogP contribution in [0.25, 0.3) is 0 Å². The van der Waals surface area contributed by atoms with Crippen LogP contribution in [0.2, 0.25) is 0 Å². The van der Waals surface area contributed by atoms with E-state index in [-0.39, 0.29) is 6.54 Å². The normalized spacial score (nSPS) is 20.0. The van der Waals surface area contributed by atoms with Gasteiger partial charge in [-0.1, -0.05) is 12.8 Å². The highest BCUT2D eigenvalue weighted by Gasteiger charge is 2.40. The predicted molar refractivity (Wildman–Crippen MR) is 54.6 cm³/mol. The van der Waals surface area contributed by atoms with Gasteiger partial charge in [-0.2, -0.15) is 18.4 Å². The summed E-state index contributed by atoms with van der Waals surface area (Å²) in [6.45, 7) is 0.463. The summed E-state index contributed by atoms with van der Waals surface area (Å²) in [4.78, 5) is 1.64. The molecule has 0 aromatic rings. The van der Waals surface area contributed by atoms with Crippen molar-refractivity contribution < 1.29 is 13.2 Å². The van der Waals surface area contributed by atoms with E-state index in [2.05, 4.69) is 0 Å². The van der Waals surface area contributed by atoms with Gasteiger partial charge in [0.1, 0.15) is 0 Å². The fraction of sp³-hybridized carbons (Fsp3) is 0.909. The topological polar surface area (TPSA) is 27.0 Å². The average molecular weight is 234 g/mol. The van der Waals surface area contributed by atoms with E-state index in [1.165, 1.54) is 18.9 Å². The van der Waals surface area contributed by atoms with Crippen molar-refractivity contribution in [3.8, 4) is 6.07 Å². The number of rotatable bonds is 4. The third-order valence-corrected chi connectivity index (χ3v) is 3.09. The van der Waals surface area contributed by atoms with Gasteiger partial charge in [-0.05, 0) is 25.8 Å². The molecule has 0 radical (unpaired) electrons. The molecule has 1 saturated carbocycles. The second kappa shape index (κ2) is 5.53. The molecule has 0 saturated heterocycles. The van der Waals surface area contributed by atoms with E-state index in [1.54, 1.807) is 11.9 Å². The maximum atomic E-state index is 12.3. The van der Waals surface area contributed by atoms with E-state index in [0.29, 0.717) is 12.5 Å². The summed E-state index contributed by atoms with van der Waals surface area (Å²) in [7, 11) is 1.66. The number of nitriles is 1. The molecule has 1 atom stereocenters. The number of halogens is 3. The Hall–Kier alpha value is -0.760. The molecule has 1 aliphatic rings. The summed E-state index contributed by atoms with van der Waals surface area (Å²) in [5.74, 6) is -1.35. The van der Waals surface area contributed by atoms with E-state index in [0.717, 1.165) is 12.8 Å². The van der Waals surface area contributed by atoms with Crippen LogP contribution in [0.5, 0.6) is 0 Å². The molecule has 5 heteroatoms. The molecule has 0 spiro atoms. The molecule has 92 valence electrons. The second-order valence-electron chi connectivity index (χ2n) is 4.59. The first kappa shape index (κ1) is 13.3. The maximum Gasteiger partial charge on any atom is 0.405 e. The Morgan fingerprint density at radius 1 is 1.38 bits per heavy atom. The van der Waals surface area contributed by atoms with Crippen molar-refractivity contribution in [3.63, 3.8) is 0 Å². The van der Waals surface area contributed by atoms with Crippen molar-refractivity contribution >= 4 is 0 Å². The van der Waals surface area contributed by atoms with Crippen molar-refractivity contribution in [2.75, 3.05) is 20.1 Å². The standard InChI is InChI=1S/C11H17F3N2/c1-16(7-9-4-2-3-5-9)8-10(6-15)11(12,13)14/h9-10H,2-5,7-8H2,1H3. The summed E-state index contributed by atoms with van der Waals surface area (Å²) in [5.41, 5.74) is 0. The Bertz CT molecular complexity index is 251. The number of nitrogens with zero attached hydrogens (tertiary/aromatic N) is 2. The fourth-order valence-corrected chi connectivity index (χ4v) is 2.24. The van der Waals surface area contributed by atoms with Gasteiger partial charge in [0.2, 0.25) is 0 Å². The van der Waals surface area contributed by atoms with Gasteiger partial charge in [0.25, 0.3) is 0 Å². The minimum atomic E-state index is -4.40. The van der Waals surface area contributed by atoms with Crippen LogP contribution in [0.1, 0.15) is 25.7 Å². The molecule has 0 heterocycles. The van der Waals surface area contributed by atoms with Crippen molar-refractivity contribution in [2.24, 2.45) is 11.8 Å². The van der Waals surface area contributed by atoms with Gasteiger partial charge in [0.15, 0.2) is 5.92 Å². The molecule has 0 aliphatic heterocycles. The van der Waals surface area contributed by atoms with E-state index >= 15 is 0 Å². The Balaban J connectivity index is 2.37. The van der Waals surface area contributed by atoms with E-state index in [9.17, 15) is 13.2 Å². The highest BCUT2D eigenvalue weighted by Crippen LogP contribution is 2.28. The van der Waals surface area contributed by atoms with Gasteiger partial charge in [-0.25, -0.2) is 0 Å². The van der Waals surface area contributed by atoms with Gasteiger partial charge in [0.05, 0.1) is 6.07 Å². The molecule has 0 bridgehead atoms. The zero-order valence-electron chi connectivity index (χ0n) is 9.43. The van der Waals surface area contributed by atoms with E-state index in [1.807, 2.05) is 0 Å². The summed E-state index contributed by atoms with van der Waals surface area (Å²) in [5, 5.41) is 8.47. The molecule has 1 fully saturated rings. The smallest absolute Gasteiger partial charge is 0.304 e. The largest absolute Gasteiger partial charge is 0.405 e. The summed E-state index contributed by atoms with van der Waals surface area (Å²) in [6, 6.07) is 1.33. The fourth-order valence-electron chi connectivity index (χ4n) is 2.24. The zero-order valence-corrected chi connectivity index (χ0v) is 9.43. The minimum absolute atomic E-state index is 0.212. The molecule has 16 heavy (non-hydrogen) atoms. The van der Waals surface area contributed by atoms with Gasteiger partial charge in [0, 0.05) is 13.1 Å². The van der Waals surface area contributed by atoms with Crippen LogP contribution < -0.4 is 0 Å². The zero-order chi connectivity index (χ0) is 12.2. The molecule has 1 rings (SSSR count). The first-order valence-electron chi connectivity index (χ1n) is 5.58. The Kier molecular flexibility index (Phi) is 4.60. The van der Waals surface area contributed by atoms with Crippen molar-refractivity contribution in [1.29, 1.82) is 5.26 Å². The lowest BCUT2D eigenvalue weighted by atomic mass is 10.1. The molecule has 0 amide bonds. The Morgan fingerprint density at radius 3 is 2.38 bits per heavy atom. The summed E-state index contributed by atoms with van der Waals surface area (Å²) in [6.07, 6.45) is 0.165. The molecule has 0 aromatic heterocycles. The van der Waals surface area contributed by atoms with Crippen molar-refractivity contribution in [3.05, 3.63) is 0 Å². The Morgan fingerprint density at radius 2 is 1.94 bits per heavy atom. The molecule has 1 aliphatic carbocycles. The monoisotopic (exact) mass is 234 g/mol. The highest BCUT2D eigenvalue weighted by molar-refractivity contribution is 4.90. The third kappa shape index (κ3) is 4.01. The lowest BCUT2D eigenvalue weighted by molar-refractivity contribution is -0.162. The first-order valence-corrected chi connectivity index (χ1v) is 5.58. The number of hydrogen-bond acceptors (Lipinski definition) is 2. The lowest BCUT2D eigenvalue weighted by Crippen LogP contribution is -2.36. The SMILES string of the molecule is CN(CC1CCCC1)CC(C#N)C(F)(F)F. The molecule has 2 nitrogen and oxygen atoms in total. The van der Waals surface area contributed by atoms with Crippen LogP contribution in [0.3, 0.4) is 0 Å². The predicted octanol–water partition coefficient (Wildman–Crippen LogP) is 2.81. The summed E-state index contributed by atoms with van der Waals surface area (Å²) < 4.78 is 37.0. The van der Waals surface area contributed by atoms with Gasteiger partial charge in [-0.15, -0.1) is 0 Å². The molecular formula is C11H17F3N2. The molecule has 0 N–H and O–H groups in total. The van der Waals surface area contributed by atoms with Crippen molar-refractivity contribution in [1.82, 2.24) is 4.90 Å². The van der Waals surface area contributed by atoms with Gasteiger partial charge >= 0.3 is 6.18 Å². The van der Waals surface area contributed by atoms with Crippen LogP contribution in [0.15, 0.2) is 0 Å². The number of hydrogen-bond donors (Lipinski definition) is 0. The van der Waals surface area contributed by atoms with Crippen LogP contribution in [-0.2, 0) is 0 Å². The highest BCUT2D eigenvalue weighted by atomic mass is 19.4. The van der Waals surface area contributed by atoms with Gasteiger partial charge < -0.3 is 4.90 Å². The quantitative estimate of drug-likeness (QED) is 0.748. The van der Waals surface area contributed by atoms with E-state index < -0.39 is 12.1 Å². The van der Waals surface area contributed by atoms with Crippen LogP contribution in [0.4, 0.5) is 13.2 Å². The Labute approximate surface area is 94.0 Å². The molecule has 0 aromatic carbocycles. The van der Waals surface area contributed by atoms with Crippen LogP contribution in [-0.4, -0.2) is 31.2 Å². The first-order chi connectivity index (χ1) is 7.43. The van der Waals surface area contributed by atoms with Crippen LogP contribution >= 0.6 is 0 Å². The average Bonchev–Trinajstić information content (AvgIpc) is 2.64. The molecule has 1 unspecified atom stereocenters. The van der Waals surface area contributed by atoms with Crippen molar-refractivity contribution in [2.45, 2.75) is 31.9 Å². The maximum absolute atomic E-state index is 12.3. The second-order valence-corrected chi connectivity index (χ2v) is 4.59. The third-order valence-electron chi connectivity index (χ3n) is 3.09. The molecular weight excluding hydrogens is 217 g/mol. The van der Waals surface area contributed by atoms with E-state index in [4.69, 9.17) is 5.26 Å².